The number of hydrogen-bond acceptors (Lipinski definition) is 5. The van der Waals surface area contributed by atoms with Crippen LogP contribution in [-0.4, -0.2) is 48.0 Å². The quantitative estimate of drug-likeness (QED) is 0.621. The second-order valence-electron chi connectivity index (χ2n) is 6.18. The van der Waals surface area contributed by atoms with Crippen LogP contribution < -0.4 is 5.32 Å². The van der Waals surface area contributed by atoms with Crippen molar-refractivity contribution in [3.63, 3.8) is 0 Å². The fraction of sp³-hybridized carbons (Fsp3) is 0.375. The molecule has 3 aromatic heterocycles. The van der Waals surface area contributed by atoms with Gasteiger partial charge in [0.05, 0.1) is 34.5 Å². The third-order valence-corrected chi connectivity index (χ3v) is 4.37. The molecule has 0 aliphatic rings. The van der Waals surface area contributed by atoms with E-state index in [1.807, 2.05) is 6.92 Å². The molecular formula is C16H17ClF3N7O2. The molecule has 1 N–H and O–H groups in total. The molecule has 9 nitrogen and oxygen atoms in total. The highest BCUT2D eigenvalue weighted by molar-refractivity contribution is 6.31. The molecule has 0 radical (unpaired) electrons. The van der Waals surface area contributed by atoms with Crippen LogP contribution in [0.2, 0.25) is 5.02 Å². The number of alkyl halides is 3. The number of ether oxygens (including phenoxy) is 1. The van der Waals surface area contributed by atoms with Crippen molar-refractivity contribution in [2.24, 2.45) is 0 Å². The van der Waals surface area contributed by atoms with Crippen molar-refractivity contribution in [3.05, 3.63) is 46.8 Å². The Morgan fingerprint density at radius 2 is 2.03 bits per heavy atom. The topological polar surface area (TPSA) is 91.8 Å². The maximum absolute atomic E-state index is 12.3. The zero-order chi connectivity index (χ0) is 21.2. The minimum Gasteiger partial charge on any atom is -0.350 e. The fourth-order valence-corrected chi connectivity index (χ4v) is 2.60. The van der Waals surface area contributed by atoms with Gasteiger partial charge >= 0.3 is 6.18 Å². The smallest absolute Gasteiger partial charge is 0.350 e. The van der Waals surface area contributed by atoms with Crippen molar-refractivity contribution in [2.45, 2.75) is 33.4 Å². The van der Waals surface area contributed by atoms with Crippen LogP contribution in [0.1, 0.15) is 21.9 Å². The first-order chi connectivity index (χ1) is 13.6. The molecule has 3 aromatic rings. The van der Waals surface area contributed by atoms with Gasteiger partial charge in [0.1, 0.15) is 20.0 Å². The summed E-state index contributed by atoms with van der Waals surface area (Å²) in [6.07, 6.45) is -0.150. The average Bonchev–Trinajstić information content (AvgIpc) is 3.33. The van der Waals surface area contributed by atoms with Crippen molar-refractivity contribution in [3.8, 4) is 0 Å². The Labute approximate surface area is 168 Å². The maximum Gasteiger partial charge on any atom is 0.411 e. The number of anilines is 1. The van der Waals surface area contributed by atoms with Gasteiger partial charge in [0.15, 0.2) is 5.69 Å². The van der Waals surface area contributed by atoms with Crippen molar-refractivity contribution in [1.29, 1.82) is 0 Å². The summed E-state index contributed by atoms with van der Waals surface area (Å²) in [5.74, 6) is -0.495. The minimum absolute atomic E-state index is 0.152. The highest BCUT2D eigenvalue weighted by Gasteiger charge is 2.27. The number of rotatable bonds is 7. The van der Waals surface area contributed by atoms with Gasteiger partial charge < -0.3 is 10.1 Å². The van der Waals surface area contributed by atoms with Crippen molar-refractivity contribution in [2.75, 3.05) is 11.9 Å². The number of aryl methyl sites for hydroxylation is 1. The molecule has 0 fully saturated rings. The molecule has 0 spiro atoms. The first-order valence-electron chi connectivity index (χ1n) is 8.33. The van der Waals surface area contributed by atoms with Crippen LogP contribution >= 0.6 is 11.6 Å². The minimum atomic E-state index is -4.41. The predicted molar refractivity (Wildman–Crippen MR) is 96.5 cm³/mol. The van der Waals surface area contributed by atoms with Crippen LogP contribution in [0.15, 0.2) is 24.7 Å². The lowest BCUT2D eigenvalue weighted by atomic mass is 10.4. The molecule has 0 saturated heterocycles. The molecule has 0 aliphatic heterocycles. The number of nitrogens with zero attached hydrogens (tertiary/aromatic N) is 6. The number of aromatic nitrogens is 6. The number of hydrogen-bond donors (Lipinski definition) is 1. The van der Waals surface area contributed by atoms with Gasteiger partial charge in [-0.15, -0.1) is 0 Å². The van der Waals surface area contributed by atoms with Crippen LogP contribution in [0.4, 0.5) is 18.9 Å². The summed E-state index contributed by atoms with van der Waals surface area (Å²) in [7, 11) is 0. The Balaban J connectivity index is 1.57. The van der Waals surface area contributed by atoms with E-state index in [0.717, 1.165) is 10.4 Å². The van der Waals surface area contributed by atoms with E-state index in [9.17, 15) is 18.0 Å². The summed E-state index contributed by atoms with van der Waals surface area (Å²) in [6.45, 7) is 2.13. The number of carbonyl (C=O) groups excluding carboxylic acids is 1. The molecule has 29 heavy (non-hydrogen) atoms. The van der Waals surface area contributed by atoms with Crippen LogP contribution in [0.5, 0.6) is 0 Å². The van der Waals surface area contributed by atoms with Gasteiger partial charge in [-0.05, 0) is 19.9 Å². The average molecular weight is 432 g/mol. The van der Waals surface area contributed by atoms with Crippen molar-refractivity contribution in [1.82, 2.24) is 29.3 Å². The van der Waals surface area contributed by atoms with E-state index in [1.54, 1.807) is 17.8 Å². The van der Waals surface area contributed by atoms with Gasteiger partial charge in [-0.25, -0.2) is 9.36 Å². The van der Waals surface area contributed by atoms with Crippen LogP contribution in [-0.2, 0) is 18.1 Å². The van der Waals surface area contributed by atoms with Gasteiger partial charge in [-0.3, -0.25) is 9.48 Å². The Bertz CT molecular complexity index is 1010. The van der Waals surface area contributed by atoms with Crippen molar-refractivity contribution < 1.29 is 22.7 Å². The Morgan fingerprint density at radius 1 is 1.28 bits per heavy atom. The zero-order valence-corrected chi connectivity index (χ0v) is 16.2. The lowest BCUT2D eigenvalue weighted by Gasteiger charge is -2.07. The molecule has 3 rings (SSSR count). The van der Waals surface area contributed by atoms with Gasteiger partial charge in [0.25, 0.3) is 5.91 Å². The van der Waals surface area contributed by atoms with Crippen molar-refractivity contribution >= 4 is 23.2 Å². The van der Waals surface area contributed by atoms with E-state index in [0.29, 0.717) is 16.4 Å². The lowest BCUT2D eigenvalue weighted by molar-refractivity contribution is -0.182. The molecule has 0 bridgehead atoms. The second kappa shape index (κ2) is 8.25. The molecule has 156 valence electrons. The van der Waals surface area contributed by atoms with Crippen LogP contribution in [0, 0.1) is 13.8 Å². The van der Waals surface area contributed by atoms with Gasteiger partial charge in [0, 0.05) is 6.20 Å². The zero-order valence-electron chi connectivity index (χ0n) is 15.4. The normalized spacial score (nSPS) is 11.8. The first-order valence-corrected chi connectivity index (χ1v) is 8.71. The molecule has 0 unspecified atom stereocenters. The van der Waals surface area contributed by atoms with Gasteiger partial charge in [-0.1, -0.05) is 11.6 Å². The summed E-state index contributed by atoms with van der Waals surface area (Å²) in [6, 6.07) is 1.53. The largest absolute Gasteiger partial charge is 0.411 e. The first kappa shape index (κ1) is 20.9. The molecule has 1 amide bonds. The highest BCUT2D eigenvalue weighted by Crippen LogP contribution is 2.19. The maximum atomic E-state index is 12.3. The highest BCUT2D eigenvalue weighted by atomic mass is 35.5. The Hall–Kier alpha value is -2.86. The van der Waals surface area contributed by atoms with E-state index < -0.39 is 25.4 Å². The van der Waals surface area contributed by atoms with E-state index in [-0.39, 0.29) is 12.4 Å². The molecule has 3 heterocycles. The SMILES string of the molecule is Cc1nn(Cn2ccc(C(=O)Nc3cnn(COCC(F)(F)F)c3)n2)c(C)c1Cl. The summed E-state index contributed by atoms with van der Waals surface area (Å²) >= 11 is 6.12. The predicted octanol–water partition coefficient (Wildman–Crippen LogP) is 2.84. The molecule has 0 aliphatic carbocycles. The number of nitrogens with one attached hydrogen (secondary N) is 1. The third kappa shape index (κ3) is 5.35. The molecule has 13 heteroatoms. The number of halogens is 4. The molecule has 0 aromatic carbocycles. The van der Waals surface area contributed by atoms with E-state index >= 15 is 0 Å². The van der Waals surface area contributed by atoms with E-state index in [2.05, 4.69) is 25.3 Å². The second-order valence-corrected chi connectivity index (χ2v) is 6.56. The van der Waals surface area contributed by atoms with Gasteiger partial charge in [-0.2, -0.15) is 28.5 Å². The third-order valence-electron chi connectivity index (χ3n) is 3.83. The summed E-state index contributed by atoms with van der Waals surface area (Å²) in [5, 5.41) is 15.5. The van der Waals surface area contributed by atoms with E-state index in [4.69, 9.17) is 11.6 Å². The molecule has 0 saturated carbocycles. The summed E-state index contributed by atoms with van der Waals surface area (Å²) in [5.41, 5.74) is 1.93. The monoisotopic (exact) mass is 431 g/mol. The van der Waals surface area contributed by atoms with Crippen LogP contribution in [0.25, 0.3) is 0 Å². The number of carbonyl (C=O) groups is 1. The van der Waals surface area contributed by atoms with Gasteiger partial charge in [0.2, 0.25) is 0 Å². The van der Waals surface area contributed by atoms with E-state index in [1.165, 1.54) is 23.1 Å². The standard InChI is InChI=1S/C16H17ClF3N7O2/c1-10-14(17)11(2)27(23-10)8-25-4-3-13(24-25)15(28)22-12-5-21-26(6-12)9-29-7-16(18,19)20/h3-6H,7-9H2,1-2H3,(H,22,28). The summed E-state index contributed by atoms with van der Waals surface area (Å²) in [4.78, 5) is 12.3. The fourth-order valence-electron chi connectivity index (χ4n) is 2.46. The Kier molecular flexibility index (Phi) is 5.94. The molecule has 0 atom stereocenters. The number of amides is 1. The lowest BCUT2D eigenvalue weighted by Crippen LogP contribution is -2.18. The van der Waals surface area contributed by atoms with Crippen LogP contribution in [0.3, 0.4) is 0 Å². The molecular weight excluding hydrogens is 415 g/mol. The summed E-state index contributed by atoms with van der Waals surface area (Å²) < 4.78 is 45.0. The Morgan fingerprint density at radius 3 is 2.69 bits per heavy atom.